The number of rotatable bonds is 5. The SMILES string of the molecule is CSc1ccc(-c2noc(CCC3CCCNC3)n2)cc1. The molecule has 0 amide bonds. The maximum Gasteiger partial charge on any atom is 0.226 e. The molecule has 5 heteroatoms. The van der Waals surface area contributed by atoms with E-state index in [1.54, 1.807) is 11.8 Å². The number of benzene rings is 1. The van der Waals surface area contributed by atoms with E-state index < -0.39 is 0 Å². The van der Waals surface area contributed by atoms with Crippen molar-refractivity contribution in [2.45, 2.75) is 30.6 Å². The minimum absolute atomic E-state index is 0.694. The highest BCUT2D eigenvalue weighted by atomic mass is 32.2. The monoisotopic (exact) mass is 303 g/mol. The van der Waals surface area contributed by atoms with Crippen LogP contribution in [0.25, 0.3) is 11.4 Å². The number of thioether (sulfide) groups is 1. The minimum atomic E-state index is 0.694. The summed E-state index contributed by atoms with van der Waals surface area (Å²) in [6.07, 6.45) is 6.66. The zero-order chi connectivity index (χ0) is 14.5. The molecule has 0 spiro atoms. The van der Waals surface area contributed by atoms with E-state index in [0.717, 1.165) is 43.3 Å². The lowest BCUT2D eigenvalue weighted by molar-refractivity contribution is 0.327. The standard InChI is InChI=1S/C16H21N3OS/c1-21-14-7-5-13(6-8-14)16-18-15(20-19-16)9-4-12-3-2-10-17-11-12/h5-8,12,17H,2-4,9-11H2,1H3. The van der Waals surface area contributed by atoms with E-state index in [0.29, 0.717) is 5.82 Å². The zero-order valence-corrected chi connectivity index (χ0v) is 13.2. The average Bonchev–Trinajstić information content (AvgIpc) is 3.03. The van der Waals surface area contributed by atoms with Crippen LogP contribution in [0.1, 0.15) is 25.2 Å². The molecule has 1 aromatic heterocycles. The second kappa shape index (κ2) is 7.09. The molecule has 4 nitrogen and oxygen atoms in total. The smallest absolute Gasteiger partial charge is 0.226 e. The van der Waals surface area contributed by atoms with Gasteiger partial charge in [0.05, 0.1) is 0 Å². The van der Waals surface area contributed by atoms with Gasteiger partial charge in [0, 0.05) is 16.9 Å². The van der Waals surface area contributed by atoms with Gasteiger partial charge >= 0.3 is 0 Å². The van der Waals surface area contributed by atoms with Gasteiger partial charge in [-0.3, -0.25) is 0 Å². The van der Waals surface area contributed by atoms with Crippen LogP contribution in [0.2, 0.25) is 0 Å². The first-order valence-electron chi connectivity index (χ1n) is 7.53. The molecule has 0 saturated carbocycles. The first-order chi connectivity index (χ1) is 10.3. The molecule has 1 fully saturated rings. The lowest BCUT2D eigenvalue weighted by Gasteiger charge is -2.21. The molecule has 21 heavy (non-hydrogen) atoms. The number of hydrogen-bond acceptors (Lipinski definition) is 5. The first kappa shape index (κ1) is 14.6. The van der Waals surface area contributed by atoms with Crippen molar-refractivity contribution in [3.63, 3.8) is 0 Å². The summed E-state index contributed by atoms with van der Waals surface area (Å²) in [5.74, 6) is 2.19. The number of aromatic nitrogens is 2. The van der Waals surface area contributed by atoms with Crippen molar-refractivity contribution in [2.75, 3.05) is 19.3 Å². The predicted molar refractivity (Wildman–Crippen MR) is 85.4 cm³/mol. The van der Waals surface area contributed by atoms with Gasteiger partial charge in [0.15, 0.2) is 0 Å². The van der Waals surface area contributed by atoms with Crippen LogP contribution < -0.4 is 5.32 Å². The fourth-order valence-corrected chi connectivity index (χ4v) is 3.12. The molecular formula is C16H21N3OS. The third kappa shape index (κ3) is 3.86. The number of nitrogens with zero attached hydrogens (tertiary/aromatic N) is 2. The minimum Gasteiger partial charge on any atom is -0.339 e. The van der Waals surface area contributed by atoms with Crippen molar-refractivity contribution in [1.82, 2.24) is 15.5 Å². The summed E-state index contributed by atoms with van der Waals surface area (Å²) in [4.78, 5) is 5.76. The van der Waals surface area contributed by atoms with Gasteiger partial charge in [0.1, 0.15) is 0 Å². The molecule has 0 radical (unpaired) electrons. The Morgan fingerprint density at radius 2 is 2.19 bits per heavy atom. The van der Waals surface area contributed by atoms with Crippen LogP contribution in [-0.4, -0.2) is 29.5 Å². The number of nitrogens with one attached hydrogen (secondary N) is 1. The van der Waals surface area contributed by atoms with Gasteiger partial charge < -0.3 is 9.84 Å². The Labute approximate surface area is 129 Å². The van der Waals surface area contributed by atoms with Crippen LogP contribution in [0, 0.1) is 5.92 Å². The molecule has 112 valence electrons. The predicted octanol–water partition coefficient (Wildman–Crippen LogP) is 3.39. The summed E-state index contributed by atoms with van der Waals surface area (Å²) in [6.45, 7) is 2.28. The zero-order valence-electron chi connectivity index (χ0n) is 12.3. The summed E-state index contributed by atoms with van der Waals surface area (Å²) in [7, 11) is 0. The normalized spacial score (nSPS) is 18.8. The summed E-state index contributed by atoms with van der Waals surface area (Å²) < 4.78 is 5.38. The van der Waals surface area contributed by atoms with Gasteiger partial charge in [-0.25, -0.2) is 0 Å². The van der Waals surface area contributed by atoms with E-state index in [1.807, 2.05) is 12.1 Å². The van der Waals surface area contributed by atoms with Crippen LogP contribution in [0.4, 0.5) is 0 Å². The van der Waals surface area contributed by atoms with Crippen molar-refractivity contribution in [3.05, 3.63) is 30.2 Å². The molecule has 1 atom stereocenters. The average molecular weight is 303 g/mol. The van der Waals surface area contributed by atoms with Gasteiger partial charge in [-0.2, -0.15) is 4.98 Å². The van der Waals surface area contributed by atoms with Crippen LogP contribution in [0.15, 0.2) is 33.7 Å². The molecule has 1 N–H and O–H groups in total. The third-order valence-corrected chi connectivity index (χ3v) is 4.73. The molecule has 0 bridgehead atoms. The summed E-state index contributed by atoms with van der Waals surface area (Å²) >= 11 is 1.73. The van der Waals surface area contributed by atoms with Gasteiger partial charge in [0.2, 0.25) is 11.7 Å². The van der Waals surface area contributed by atoms with E-state index in [-0.39, 0.29) is 0 Å². The Balaban J connectivity index is 1.59. The number of aryl methyl sites for hydroxylation is 1. The molecule has 1 aliphatic heterocycles. The Hall–Kier alpha value is -1.33. The Kier molecular flexibility index (Phi) is 4.93. The molecule has 0 aliphatic carbocycles. The molecule has 1 unspecified atom stereocenters. The molecule has 3 rings (SSSR count). The van der Waals surface area contributed by atoms with Gasteiger partial charge in [-0.1, -0.05) is 5.16 Å². The summed E-state index contributed by atoms with van der Waals surface area (Å²) in [6, 6.07) is 8.27. The van der Waals surface area contributed by atoms with Gasteiger partial charge in [-0.15, -0.1) is 11.8 Å². The highest BCUT2D eigenvalue weighted by molar-refractivity contribution is 7.98. The molecule has 2 aromatic rings. The number of hydrogen-bond donors (Lipinski definition) is 1. The van der Waals surface area contributed by atoms with Crippen LogP contribution >= 0.6 is 11.8 Å². The van der Waals surface area contributed by atoms with Crippen molar-refractivity contribution in [3.8, 4) is 11.4 Å². The fraction of sp³-hybridized carbons (Fsp3) is 0.500. The van der Waals surface area contributed by atoms with Crippen LogP contribution in [0.3, 0.4) is 0 Å². The Morgan fingerprint density at radius 1 is 1.33 bits per heavy atom. The quantitative estimate of drug-likeness (QED) is 0.858. The van der Waals surface area contributed by atoms with Crippen molar-refractivity contribution < 1.29 is 4.52 Å². The molecule has 1 aromatic carbocycles. The van der Waals surface area contributed by atoms with E-state index >= 15 is 0 Å². The highest BCUT2D eigenvalue weighted by Crippen LogP contribution is 2.22. The molecular weight excluding hydrogens is 282 g/mol. The largest absolute Gasteiger partial charge is 0.339 e. The Bertz CT molecular complexity index is 561. The van der Waals surface area contributed by atoms with Gasteiger partial charge in [-0.05, 0) is 68.8 Å². The van der Waals surface area contributed by atoms with E-state index in [9.17, 15) is 0 Å². The summed E-state index contributed by atoms with van der Waals surface area (Å²) in [5.41, 5.74) is 1.02. The van der Waals surface area contributed by atoms with Gasteiger partial charge in [0.25, 0.3) is 0 Å². The lowest BCUT2D eigenvalue weighted by atomic mass is 9.95. The Morgan fingerprint density at radius 3 is 2.90 bits per heavy atom. The van der Waals surface area contributed by atoms with Crippen LogP contribution in [0.5, 0.6) is 0 Å². The second-order valence-electron chi connectivity index (χ2n) is 5.49. The number of piperidine rings is 1. The lowest BCUT2D eigenvalue weighted by Crippen LogP contribution is -2.29. The van der Waals surface area contributed by atoms with Crippen molar-refractivity contribution in [2.24, 2.45) is 5.92 Å². The maximum absolute atomic E-state index is 5.38. The fourth-order valence-electron chi connectivity index (χ4n) is 2.71. The van der Waals surface area contributed by atoms with Crippen molar-refractivity contribution >= 4 is 11.8 Å². The topological polar surface area (TPSA) is 51.0 Å². The second-order valence-corrected chi connectivity index (χ2v) is 6.37. The van der Waals surface area contributed by atoms with E-state index in [1.165, 1.54) is 17.7 Å². The first-order valence-corrected chi connectivity index (χ1v) is 8.75. The van der Waals surface area contributed by atoms with Crippen LogP contribution in [-0.2, 0) is 6.42 Å². The van der Waals surface area contributed by atoms with Crippen molar-refractivity contribution in [1.29, 1.82) is 0 Å². The van der Waals surface area contributed by atoms with E-state index in [4.69, 9.17) is 4.52 Å². The third-order valence-electron chi connectivity index (χ3n) is 3.98. The molecule has 1 aliphatic rings. The maximum atomic E-state index is 5.38. The molecule has 2 heterocycles. The summed E-state index contributed by atoms with van der Waals surface area (Å²) in [5, 5.41) is 7.54. The van der Waals surface area contributed by atoms with E-state index in [2.05, 4.69) is 33.8 Å². The molecule has 1 saturated heterocycles. The highest BCUT2D eigenvalue weighted by Gasteiger charge is 2.15.